The first-order valence-electron chi connectivity index (χ1n) is 13.4. The number of carbonyl (C=O) groups is 1. The highest BCUT2D eigenvalue weighted by molar-refractivity contribution is 6.74. The lowest BCUT2D eigenvalue weighted by molar-refractivity contribution is -0.156. The monoisotopic (exact) mass is 529 g/mol. The number of nitrogens with zero attached hydrogens (tertiary/aromatic N) is 1. The molecule has 0 heterocycles. The van der Waals surface area contributed by atoms with E-state index < -0.39 is 20.0 Å². The minimum atomic E-state index is -1.83. The molecule has 0 aliphatic heterocycles. The van der Waals surface area contributed by atoms with Crippen LogP contribution in [0.1, 0.15) is 63.8 Å². The van der Waals surface area contributed by atoms with Gasteiger partial charge in [0.05, 0.1) is 12.3 Å². The fourth-order valence-corrected chi connectivity index (χ4v) is 4.65. The molecule has 1 atom stereocenters. The molecule has 0 aromatic heterocycles. The summed E-state index contributed by atoms with van der Waals surface area (Å²) in [5, 5.41) is 0.167. The van der Waals surface area contributed by atoms with Gasteiger partial charge in [-0.15, -0.1) is 0 Å². The van der Waals surface area contributed by atoms with Crippen LogP contribution in [0.5, 0.6) is 0 Å². The summed E-state index contributed by atoms with van der Waals surface area (Å²) in [5.41, 5.74) is 4.26. The van der Waals surface area contributed by atoms with Gasteiger partial charge in [-0.2, -0.15) is 0 Å². The van der Waals surface area contributed by atoms with Gasteiger partial charge in [0, 0.05) is 17.5 Å². The molecule has 0 N–H and O–H groups in total. The van der Waals surface area contributed by atoms with Gasteiger partial charge in [-0.25, -0.2) is 4.79 Å². The van der Waals surface area contributed by atoms with Crippen LogP contribution in [0.2, 0.25) is 18.1 Å². The number of aliphatic imine (C=N–C) groups is 1. The fraction of sp³-hybridized carbons (Fsp3) is 0.394. The average molecular weight is 530 g/mol. The lowest BCUT2D eigenvalue weighted by atomic mass is 10.00. The van der Waals surface area contributed by atoms with Crippen molar-refractivity contribution in [2.75, 3.05) is 0 Å². The van der Waals surface area contributed by atoms with Crippen molar-refractivity contribution in [3.05, 3.63) is 107 Å². The predicted octanol–water partition coefficient (Wildman–Crippen LogP) is 8.00. The van der Waals surface area contributed by atoms with Crippen molar-refractivity contribution in [1.82, 2.24) is 0 Å². The average Bonchev–Trinajstić information content (AvgIpc) is 2.85. The summed E-state index contributed by atoms with van der Waals surface area (Å²) < 4.78 is 12.2. The van der Waals surface area contributed by atoms with Crippen molar-refractivity contribution in [2.24, 2.45) is 4.99 Å². The van der Waals surface area contributed by atoms with Crippen LogP contribution in [0.3, 0.4) is 0 Å². The van der Waals surface area contributed by atoms with E-state index in [1.165, 1.54) is 0 Å². The van der Waals surface area contributed by atoms with Gasteiger partial charge in [-0.05, 0) is 50.0 Å². The van der Waals surface area contributed by atoms with Crippen LogP contribution in [0, 0.1) is 0 Å². The molecule has 0 aliphatic carbocycles. The molecule has 0 aliphatic rings. The van der Waals surface area contributed by atoms with E-state index in [9.17, 15) is 4.79 Å². The number of benzene rings is 3. The first kappa shape index (κ1) is 29.5. The zero-order chi connectivity index (χ0) is 28.0. The third-order valence-electron chi connectivity index (χ3n) is 6.92. The third-order valence-corrected chi connectivity index (χ3v) is 11.4. The predicted molar refractivity (Wildman–Crippen MR) is 160 cm³/mol. The van der Waals surface area contributed by atoms with Crippen molar-refractivity contribution in [2.45, 2.75) is 84.3 Å². The molecule has 0 amide bonds. The molecule has 0 radical (unpaired) electrons. The van der Waals surface area contributed by atoms with Crippen LogP contribution in [-0.2, 0) is 27.0 Å². The summed E-state index contributed by atoms with van der Waals surface area (Å²) in [6.07, 6.45) is 0.446. The second kappa shape index (κ2) is 12.2. The van der Waals surface area contributed by atoms with E-state index in [2.05, 4.69) is 58.1 Å². The van der Waals surface area contributed by atoms with Crippen LogP contribution in [-0.4, -0.2) is 31.6 Å². The molecule has 0 saturated carbocycles. The lowest BCUT2D eigenvalue weighted by Gasteiger charge is -2.36. The van der Waals surface area contributed by atoms with E-state index in [-0.39, 0.29) is 11.0 Å². The van der Waals surface area contributed by atoms with Gasteiger partial charge in [0.1, 0.15) is 5.60 Å². The quantitative estimate of drug-likeness (QED) is 0.160. The Labute approximate surface area is 230 Å². The zero-order valence-corrected chi connectivity index (χ0v) is 25.2. The first-order valence-corrected chi connectivity index (χ1v) is 16.3. The van der Waals surface area contributed by atoms with Gasteiger partial charge < -0.3 is 9.16 Å². The van der Waals surface area contributed by atoms with Gasteiger partial charge in [0.2, 0.25) is 0 Å². The van der Waals surface area contributed by atoms with Gasteiger partial charge in [-0.3, -0.25) is 4.99 Å². The van der Waals surface area contributed by atoms with Crippen molar-refractivity contribution in [1.29, 1.82) is 0 Å². The standard InChI is InChI=1S/C33H43NO3Si/c1-32(2,3)37-31(35)29(34-30(27-15-11-9-12-16-27)28-17-13-10-14-18-28)23-25-19-21-26(22-20-25)24-36-38(7,8)33(4,5)6/h9-22,29H,23-24H2,1-8H3/t29-/m0/s1. The van der Waals surface area contributed by atoms with E-state index in [0.29, 0.717) is 13.0 Å². The summed E-state index contributed by atoms with van der Waals surface area (Å²) in [6.45, 7) is 17.5. The molecule has 3 rings (SSSR count). The molecule has 0 unspecified atom stereocenters. The van der Waals surface area contributed by atoms with Gasteiger partial charge in [-0.1, -0.05) is 106 Å². The number of esters is 1. The maximum atomic E-state index is 13.4. The molecule has 0 fully saturated rings. The number of ether oxygens (including phenoxy) is 1. The summed E-state index contributed by atoms with van der Waals surface area (Å²) >= 11 is 0. The molecule has 38 heavy (non-hydrogen) atoms. The van der Waals surface area contributed by atoms with Gasteiger partial charge in [0.15, 0.2) is 14.4 Å². The summed E-state index contributed by atoms with van der Waals surface area (Å²) in [5.74, 6) is -0.327. The van der Waals surface area contributed by atoms with Crippen LogP contribution in [0.15, 0.2) is 89.9 Å². The SMILES string of the molecule is CC(C)(C)OC(=O)[C@H](Cc1ccc(CO[Si](C)(C)C(C)(C)C)cc1)N=C(c1ccccc1)c1ccccc1. The second-order valence-electron chi connectivity index (χ2n) is 12.3. The Hall–Kier alpha value is -3.02. The Bertz CT molecular complexity index is 1160. The Morgan fingerprint density at radius 3 is 1.68 bits per heavy atom. The largest absolute Gasteiger partial charge is 0.458 e. The molecule has 3 aromatic rings. The number of rotatable bonds is 9. The fourth-order valence-electron chi connectivity index (χ4n) is 3.69. The molecular formula is C33H43NO3Si. The first-order chi connectivity index (χ1) is 17.7. The van der Waals surface area contributed by atoms with E-state index in [4.69, 9.17) is 14.2 Å². The van der Waals surface area contributed by atoms with Crippen LogP contribution in [0.25, 0.3) is 0 Å². The Kier molecular flexibility index (Phi) is 9.50. The van der Waals surface area contributed by atoms with Crippen molar-refractivity contribution < 1.29 is 14.0 Å². The molecule has 3 aromatic carbocycles. The van der Waals surface area contributed by atoms with Gasteiger partial charge >= 0.3 is 5.97 Å². The number of hydrogen-bond donors (Lipinski definition) is 0. The van der Waals surface area contributed by atoms with Crippen LogP contribution < -0.4 is 0 Å². The minimum absolute atomic E-state index is 0.167. The highest BCUT2D eigenvalue weighted by Crippen LogP contribution is 2.37. The van der Waals surface area contributed by atoms with Crippen molar-refractivity contribution in [3.63, 3.8) is 0 Å². The number of hydrogen-bond acceptors (Lipinski definition) is 4. The van der Waals surface area contributed by atoms with E-state index in [1.807, 2.05) is 81.4 Å². The third kappa shape index (κ3) is 8.50. The normalized spacial score (nSPS) is 13.1. The Morgan fingerprint density at radius 2 is 1.24 bits per heavy atom. The molecule has 5 heteroatoms. The Morgan fingerprint density at radius 1 is 0.763 bits per heavy atom. The van der Waals surface area contributed by atoms with Crippen LogP contribution in [0.4, 0.5) is 0 Å². The summed E-state index contributed by atoms with van der Waals surface area (Å²) in [7, 11) is -1.83. The van der Waals surface area contributed by atoms with E-state index >= 15 is 0 Å². The maximum Gasteiger partial charge on any atom is 0.331 e. The van der Waals surface area contributed by atoms with Crippen LogP contribution >= 0.6 is 0 Å². The maximum absolute atomic E-state index is 13.4. The Balaban J connectivity index is 1.90. The molecule has 0 saturated heterocycles. The zero-order valence-electron chi connectivity index (χ0n) is 24.2. The lowest BCUT2D eigenvalue weighted by Crippen LogP contribution is -2.40. The van der Waals surface area contributed by atoms with Crippen molar-refractivity contribution in [3.8, 4) is 0 Å². The topological polar surface area (TPSA) is 47.9 Å². The minimum Gasteiger partial charge on any atom is -0.458 e. The highest BCUT2D eigenvalue weighted by Gasteiger charge is 2.37. The number of carbonyl (C=O) groups excluding carboxylic acids is 1. The smallest absolute Gasteiger partial charge is 0.331 e. The second-order valence-corrected chi connectivity index (χ2v) is 17.1. The summed E-state index contributed by atoms with van der Waals surface area (Å²) in [4.78, 5) is 18.4. The molecule has 4 nitrogen and oxygen atoms in total. The van der Waals surface area contributed by atoms with Gasteiger partial charge in [0.25, 0.3) is 0 Å². The highest BCUT2D eigenvalue weighted by atomic mass is 28.4. The van der Waals surface area contributed by atoms with E-state index in [1.54, 1.807) is 0 Å². The molecule has 202 valence electrons. The summed E-state index contributed by atoms with van der Waals surface area (Å²) in [6, 6.07) is 27.6. The van der Waals surface area contributed by atoms with Crippen molar-refractivity contribution >= 4 is 20.0 Å². The molecular weight excluding hydrogens is 486 g/mol. The molecule has 0 bridgehead atoms. The van der Waals surface area contributed by atoms with E-state index in [0.717, 1.165) is 28.0 Å². The molecule has 0 spiro atoms.